The van der Waals surface area contributed by atoms with Crippen LogP contribution in [0.25, 0.3) is 0 Å². The molecular formula is C18H18F3NO3S. The summed E-state index contributed by atoms with van der Waals surface area (Å²) in [5.74, 6) is -0.00138. The van der Waals surface area contributed by atoms with Crippen LogP contribution in [0.15, 0.2) is 36.4 Å². The molecule has 0 aliphatic carbocycles. The number of anilines is 1. The molecule has 0 fully saturated rings. The molecule has 2 rings (SSSR count). The summed E-state index contributed by atoms with van der Waals surface area (Å²) in [5, 5.41) is 0. The first-order valence-corrected chi connectivity index (χ1v) is 8.40. The van der Waals surface area contributed by atoms with E-state index >= 15 is 0 Å². The summed E-state index contributed by atoms with van der Waals surface area (Å²) in [6.45, 7) is 1.77. The third-order valence-electron chi connectivity index (χ3n) is 3.43. The number of carbonyl (C=O) groups excluding carboxylic acids is 1. The zero-order valence-corrected chi connectivity index (χ0v) is 14.9. The molecule has 0 atom stereocenters. The molecule has 26 heavy (non-hydrogen) atoms. The number of alkyl halides is 3. The average molecular weight is 385 g/mol. The molecule has 2 aromatic carbocycles. The summed E-state index contributed by atoms with van der Waals surface area (Å²) >= 11 is 4.17. The van der Waals surface area contributed by atoms with Gasteiger partial charge in [-0.05, 0) is 48.9 Å². The summed E-state index contributed by atoms with van der Waals surface area (Å²) in [7, 11) is 0. The fourth-order valence-electron chi connectivity index (χ4n) is 2.31. The van der Waals surface area contributed by atoms with Crippen molar-refractivity contribution in [3.63, 3.8) is 0 Å². The van der Waals surface area contributed by atoms with Crippen LogP contribution in [0.5, 0.6) is 11.5 Å². The molecule has 0 bridgehead atoms. The van der Waals surface area contributed by atoms with Gasteiger partial charge in [0.2, 0.25) is 0 Å². The van der Waals surface area contributed by atoms with Crippen LogP contribution in [-0.4, -0.2) is 12.6 Å². The van der Waals surface area contributed by atoms with Crippen molar-refractivity contribution in [2.75, 3.05) is 12.3 Å². The summed E-state index contributed by atoms with van der Waals surface area (Å²) < 4.78 is 49.9. The van der Waals surface area contributed by atoms with E-state index in [-0.39, 0.29) is 24.3 Å². The first-order valence-electron chi connectivity index (χ1n) is 7.76. The highest BCUT2D eigenvalue weighted by atomic mass is 32.1. The second-order valence-electron chi connectivity index (χ2n) is 5.47. The summed E-state index contributed by atoms with van der Waals surface area (Å²) in [6.07, 6.45) is -4.86. The SMILES string of the molecule is CCOC(=O)Cc1cc(Oc2ccc(N)cc2CS)cc(C(F)(F)F)c1. The second-order valence-corrected chi connectivity index (χ2v) is 5.79. The van der Waals surface area contributed by atoms with Gasteiger partial charge in [-0.2, -0.15) is 25.8 Å². The molecule has 0 saturated heterocycles. The number of nitrogen functional groups attached to an aromatic ring is 1. The molecule has 2 N–H and O–H groups in total. The number of thiol groups is 1. The van der Waals surface area contributed by atoms with Gasteiger partial charge in [0.1, 0.15) is 11.5 Å². The van der Waals surface area contributed by atoms with Crippen LogP contribution in [0.4, 0.5) is 18.9 Å². The van der Waals surface area contributed by atoms with E-state index in [1.807, 2.05) is 0 Å². The average Bonchev–Trinajstić information content (AvgIpc) is 2.55. The minimum Gasteiger partial charge on any atom is -0.466 e. The standard InChI is InChI=1S/C18H18F3NO3S/c1-2-24-17(23)7-11-5-13(18(19,20)21)9-15(6-11)25-16-4-3-14(22)8-12(16)10-26/h3-6,8-9,26H,2,7,10,22H2,1H3. The number of hydrogen-bond acceptors (Lipinski definition) is 5. The first-order chi connectivity index (χ1) is 12.2. The van der Waals surface area contributed by atoms with Crippen molar-refractivity contribution >= 4 is 24.3 Å². The maximum atomic E-state index is 13.2. The molecule has 8 heteroatoms. The predicted molar refractivity (Wildman–Crippen MR) is 95.4 cm³/mol. The minimum absolute atomic E-state index is 0.0353. The number of ether oxygens (including phenoxy) is 2. The first kappa shape index (κ1) is 20.0. The van der Waals surface area contributed by atoms with Crippen molar-refractivity contribution in [1.29, 1.82) is 0 Å². The van der Waals surface area contributed by atoms with E-state index in [0.717, 1.165) is 12.1 Å². The normalized spacial score (nSPS) is 11.3. The molecule has 0 aliphatic heterocycles. The Labute approximate surface area is 154 Å². The van der Waals surface area contributed by atoms with Gasteiger partial charge in [-0.3, -0.25) is 4.79 Å². The zero-order chi connectivity index (χ0) is 19.3. The summed E-state index contributed by atoms with van der Waals surface area (Å²) in [6, 6.07) is 7.95. The van der Waals surface area contributed by atoms with E-state index < -0.39 is 17.7 Å². The van der Waals surface area contributed by atoms with Crippen LogP contribution in [0.3, 0.4) is 0 Å². The lowest BCUT2D eigenvalue weighted by Gasteiger charge is -2.15. The Morgan fingerprint density at radius 2 is 1.92 bits per heavy atom. The van der Waals surface area contributed by atoms with Gasteiger partial charge < -0.3 is 15.2 Å². The van der Waals surface area contributed by atoms with Crippen molar-refractivity contribution in [3.8, 4) is 11.5 Å². The van der Waals surface area contributed by atoms with Gasteiger partial charge in [-0.15, -0.1) is 0 Å². The Balaban J connectivity index is 2.39. The molecule has 0 spiro atoms. The largest absolute Gasteiger partial charge is 0.466 e. The van der Waals surface area contributed by atoms with Gasteiger partial charge in [-0.25, -0.2) is 0 Å². The van der Waals surface area contributed by atoms with Crippen molar-refractivity contribution in [1.82, 2.24) is 0 Å². The highest BCUT2D eigenvalue weighted by Crippen LogP contribution is 2.35. The molecule has 0 aliphatic rings. The second kappa shape index (κ2) is 8.35. The van der Waals surface area contributed by atoms with Gasteiger partial charge in [0.15, 0.2) is 0 Å². The number of benzene rings is 2. The Hall–Kier alpha value is -2.35. The highest BCUT2D eigenvalue weighted by molar-refractivity contribution is 7.79. The minimum atomic E-state index is -4.57. The lowest BCUT2D eigenvalue weighted by Crippen LogP contribution is -2.10. The van der Waals surface area contributed by atoms with Crippen molar-refractivity contribution in [3.05, 3.63) is 53.1 Å². The quantitative estimate of drug-likeness (QED) is 0.433. The molecule has 140 valence electrons. The molecule has 2 aromatic rings. The zero-order valence-electron chi connectivity index (χ0n) is 14.0. The van der Waals surface area contributed by atoms with Crippen molar-refractivity contribution in [2.24, 2.45) is 0 Å². The molecule has 0 unspecified atom stereocenters. The predicted octanol–water partition coefficient (Wildman–Crippen LogP) is 4.62. The van der Waals surface area contributed by atoms with Crippen LogP contribution in [0.1, 0.15) is 23.6 Å². The number of hydrogen-bond donors (Lipinski definition) is 2. The monoisotopic (exact) mass is 385 g/mol. The summed E-state index contributed by atoms with van der Waals surface area (Å²) in [4.78, 5) is 11.6. The van der Waals surface area contributed by atoms with Gasteiger partial charge in [0.05, 0.1) is 18.6 Å². The molecule has 0 radical (unpaired) electrons. The van der Waals surface area contributed by atoms with Crippen LogP contribution in [0, 0.1) is 0 Å². The van der Waals surface area contributed by atoms with Crippen molar-refractivity contribution < 1.29 is 27.4 Å². The maximum absolute atomic E-state index is 13.2. The number of nitrogens with two attached hydrogens (primary N) is 1. The van der Waals surface area contributed by atoms with Gasteiger partial charge in [0.25, 0.3) is 0 Å². The lowest BCUT2D eigenvalue weighted by molar-refractivity contribution is -0.142. The fourth-order valence-corrected chi connectivity index (χ4v) is 2.56. The highest BCUT2D eigenvalue weighted by Gasteiger charge is 2.31. The van der Waals surface area contributed by atoms with Gasteiger partial charge >= 0.3 is 12.1 Å². The van der Waals surface area contributed by atoms with Gasteiger partial charge in [-0.1, -0.05) is 0 Å². The molecule has 0 saturated carbocycles. The van der Waals surface area contributed by atoms with E-state index in [1.54, 1.807) is 25.1 Å². The number of esters is 1. The number of rotatable bonds is 6. The van der Waals surface area contributed by atoms with E-state index in [9.17, 15) is 18.0 Å². The Morgan fingerprint density at radius 1 is 1.19 bits per heavy atom. The lowest BCUT2D eigenvalue weighted by atomic mass is 10.1. The molecule has 0 heterocycles. The third-order valence-corrected chi connectivity index (χ3v) is 3.77. The van der Waals surface area contributed by atoms with Crippen LogP contribution in [-0.2, 0) is 27.9 Å². The third kappa shape index (κ3) is 5.32. The number of halogens is 3. The van der Waals surface area contributed by atoms with Crippen LogP contribution >= 0.6 is 12.6 Å². The van der Waals surface area contributed by atoms with Crippen LogP contribution < -0.4 is 10.5 Å². The Bertz CT molecular complexity index is 794. The Kier molecular flexibility index (Phi) is 6.42. The van der Waals surface area contributed by atoms with E-state index in [1.165, 1.54) is 6.07 Å². The molecule has 4 nitrogen and oxygen atoms in total. The molecular weight excluding hydrogens is 367 g/mol. The van der Waals surface area contributed by atoms with Gasteiger partial charge in [0, 0.05) is 17.0 Å². The maximum Gasteiger partial charge on any atom is 0.416 e. The van der Waals surface area contributed by atoms with E-state index in [2.05, 4.69) is 12.6 Å². The van der Waals surface area contributed by atoms with Crippen LogP contribution in [0.2, 0.25) is 0 Å². The molecule has 0 aromatic heterocycles. The Morgan fingerprint density at radius 3 is 2.54 bits per heavy atom. The topological polar surface area (TPSA) is 61.5 Å². The molecule has 0 amide bonds. The van der Waals surface area contributed by atoms with E-state index in [0.29, 0.717) is 22.8 Å². The number of carbonyl (C=O) groups is 1. The summed E-state index contributed by atoms with van der Waals surface area (Å²) in [5.41, 5.74) is 6.07. The fraction of sp³-hybridized carbons (Fsp3) is 0.278. The van der Waals surface area contributed by atoms with Crippen molar-refractivity contribution in [2.45, 2.75) is 25.3 Å². The smallest absolute Gasteiger partial charge is 0.416 e. The van der Waals surface area contributed by atoms with E-state index in [4.69, 9.17) is 15.2 Å².